The molecule has 1 saturated heterocycles. The normalized spacial score (nSPS) is 16.3. The van der Waals surface area contributed by atoms with Crippen molar-refractivity contribution in [3.8, 4) is 5.75 Å². The molecule has 2 aromatic carbocycles. The van der Waals surface area contributed by atoms with E-state index in [1.54, 1.807) is 12.1 Å². The zero-order valence-electron chi connectivity index (χ0n) is 13.9. The standard InChI is InChI=1S/C19H18F3NO3/c20-13-3-1-12(2-4-13)19(5-7-26-8-6-19)11-23-18(25)17-15(22)9-14(21)10-16(17)24/h1-4,9-10,24H,5-8,11H2,(H,23,25). The van der Waals surface area contributed by atoms with Crippen LogP contribution in [0.1, 0.15) is 28.8 Å². The largest absolute Gasteiger partial charge is 0.507 e. The molecule has 0 unspecified atom stereocenters. The summed E-state index contributed by atoms with van der Waals surface area (Å²) in [6.07, 6.45) is 1.19. The summed E-state index contributed by atoms with van der Waals surface area (Å²) < 4.78 is 45.6. The van der Waals surface area contributed by atoms with Crippen LogP contribution in [0, 0.1) is 17.5 Å². The van der Waals surface area contributed by atoms with Crippen LogP contribution in [0.4, 0.5) is 13.2 Å². The first-order valence-electron chi connectivity index (χ1n) is 8.21. The highest BCUT2D eigenvalue weighted by Gasteiger charge is 2.35. The van der Waals surface area contributed by atoms with Gasteiger partial charge in [-0.1, -0.05) is 12.1 Å². The Morgan fingerprint density at radius 1 is 1.08 bits per heavy atom. The number of phenolic OH excluding ortho intramolecular Hbond substituents is 1. The van der Waals surface area contributed by atoms with Crippen LogP contribution in [0.5, 0.6) is 5.75 Å². The summed E-state index contributed by atoms with van der Waals surface area (Å²) in [5, 5.41) is 12.3. The number of ether oxygens (including phenoxy) is 1. The molecule has 0 radical (unpaired) electrons. The van der Waals surface area contributed by atoms with E-state index in [0.717, 1.165) is 5.56 Å². The van der Waals surface area contributed by atoms with E-state index in [4.69, 9.17) is 4.74 Å². The molecule has 0 spiro atoms. The Kier molecular flexibility index (Phi) is 5.18. The average Bonchev–Trinajstić information content (AvgIpc) is 2.60. The second-order valence-electron chi connectivity index (χ2n) is 6.36. The van der Waals surface area contributed by atoms with Gasteiger partial charge in [-0.25, -0.2) is 13.2 Å². The van der Waals surface area contributed by atoms with E-state index in [1.807, 2.05) is 0 Å². The Balaban J connectivity index is 1.82. The third-order valence-electron chi connectivity index (χ3n) is 4.76. The molecule has 2 aromatic rings. The number of nitrogens with one attached hydrogen (secondary N) is 1. The number of phenols is 1. The maximum atomic E-state index is 13.9. The molecule has 4 nitrogen and oxygen atoms in total. The van der Waals surface area contributed by atoms with Crippen molar-refractivity contribution in [2.24, 2.45) is 0 Å². The fraction of sp³-hybridized carbons (Fsp3) is 0.316. The van der Waals surface area contributed by atoms with Crippen LogP contribution in [0.3, 0.4) is 0 Å². The molecule has 1 amide bonds. The minimum absolute atomic E-state index is 0.150. The van der Waals surface area contributed by atoms with E-state index in [2.05, 4.69) is 5.32 Å². The maximum Gasteiger partial charge on any atom is 0.258 e. The van der Waals surface area contributed by atoms with Gasteiger partial charge in [-0.05, 0) is 30.5 Å². The third kappa shape index (κ3) is 3.67. The van der Waals surface area contributed by atoms with Gasteiger partial charge in [0.05, 0.1) is 0 Å². The van der Waals surface area contributed by atoms with Gasteiger partial charge in [0, 0.05) is 37.3 Å². The number of rotatable bonds is 4. The molecule has 138 valence electrons. The zero-order chi connectivity index (χ0) is 18.7. The van der Waals surface area contributed by atoms with Crippen molar-refractivity contribution in [2.75, 3.05) is 19.8 Å². The SMILES string of the molecule is O=C(NCC1(c2ccc(F)cc2)CCOCC1)c1c(O)cc(F)cc1F. The van der Waals surface area contributed by atoms with Crippen molar-refractivity contribution >= 4 is 5.91 Å². The monoisotopic (exact) mass is 365 g/mol. The first-order chi connectivity index (χ1) is 12.4. The second-order valence-corrected chi connectivity index (χ2v) is 6.36. The van der Waals surface area contributed by atoms with Crippen molar-refractivity contribution in [3.63, 3.8) is 0 Å². The highest BCUT2D eigenvalue weighted by atomic mass is 19.1. The van der Waals surface area contributed by atoms with E-state index >= 15 is 0 Å². The Labute approximate surface area is 148 Å². The number of aromatic hydroxyl groups is 1. The predicted molar refractivity (Wildman–Crippen MR) is 88.5 cm³/mol. The minimum atomic E-state index is -1.14. The van der Waals surface area contributed by atoms with Gasteiger partial charge in [-0.3, -0.25) is 4.79 Å². The van der Waals surface area contributed by atoms with E-state index in [1.165, 1.54) is 12.1 Å². The average molecular weight is 365 g/mol. The number of carbonyl (C=O) groups excluding carboxylic acids is 1. The topological polar surface area (TPSA) is 58.6 Å². The number of benzene rings is 2. The number of hydrogen-bond donors (Lipinski definition) is 2. The molecule has 2 N–H and O–H groups in total. The molecule has 0 bridgehead atoms. The molecular formula is C19H18F3NO3. The van der Waals surface area contributed by atoms with E-state index in [0.29, 0.717) is 38.2 Å². The van der Waals surface area contributed by atoms with Crippen molar-refractivity contribution in [2.45, 2.75) is 18.3 Å². The molecule has 1 aliphatic rings. The van der Waals surface area contributed by atoms with Crippen molar-refractivity contribution in [3.05, 3.63) is 65.0 Å². The van der Waals surface area contributed by atoms with Crippen molar-refractivity contribution < 1.29 is 27.8 Å². The molecule has 1 heterocycles. The van der Waals surface area contributed by atoms with Gasteiger partial charge in [0.1, 0.15) is 28.8 Å². The lowest BCUT2D eigenvalue weighted by Crippen LogP contribution is -2.44. The Morgan fingerprint density at radius 2 is 1.73 bits per heavy atom. The van der Waals surface area contributed by atoms with Gasteiger partial charge < -0.3 is 15.2 Å². The highest BCUT2D eigenvalue weighted by Crippen LogP contribution is 2.34. The summed E-state index contributed by atoms with van der Waals surface area (Å²) in [5.74, 6) is -4.07. The van der Waals surface area contributed by atoms with E-state index in [9.17, 15) is 23.1 Å². The molecule has 1 aliphatic heterocycles. The molecule has 0 saturated carbocycles. The zero-order valence-corrected chi connectivity index (χ0v) is 13.9. The van der Waals surface area contributed by atoms with Crippen LogP contribution in [0.25, 0.3) is 0 Å². The van der Waals surface area contributed by atoms with Gasteiger partial charge in [0.2, 0.25) is 0 Å². The Hall–Kier alpha value is -2.54. The Morgan fingerprint density at radius 3 is 2.35 bits per heavy atom. The molecule has 3 rings (SSSR count). The van der Waals surface area contributed by atoms with Gasteiger partial charge in [-0.2, -0.15) is 0 Å². The molecule has 0 aliphatic carbocycles. The van der Waals surface area contributed by atoms with Crippen molar-refractivity contribution in [1.29, 1.82) is 0 Å². The second kappa shape index (κ2) is 7.37. The van der Waals surface area contributed by atoms with E-state index in [-0.39, 0.29) is 12.4 Å². The lowest BCUT2D eigenvalue weighted by Gasteiger charge is -2.38. The van der Waals surface area contributed by atoms with Crippen LogP contribution in [-0.4, -0.2) is 30.8 Å². The lowest BCUT2D eigenvalue weighted by molar-refractivity contribution is 0.0486. The summed E-state index contributed by atoms with van der Waals surface area (Å²) in [6, 6.07) is 7.23. The summed E-state index contributed by atoms with van der Waals surface area (Å²) in [7, 11) is 0. The Bertz CT molecular complexity index is 779. The predicted octanol–water partition coefficient (Wildman–Crippen LogP) is 3.29. The fourth-order valence-electron chi connectivity index (χ4n) is 3.26. The summed E-state index contributed by atoms with van der Waals surface area (Å²) in [5.41, 5.74) is -0.257. The van der Waals surface area contributed by atoms with Gasteiger partial charge >= 0.3 is 0 Å². The smallest absolute Gasteiger partial charge is 0.258 e. The first-order valence-corrected chi connectivity index (χ1v) is 8.21. The number of hydrogen-bond acceptors (Lipinski definition) is 3. The summed E-state index contributed by atoms with van der Waals surface area (Å²) >= 11 is 0. The van der Waals surface area contributed by atoms with Crippen LogP contribution < -0.4 is 5.32 Å². The van der Waals surface area contributed by atoms with Gasteiger partial charge in [0.25, 0.3) is 5.91 Å². The molecule has 1 fully saturated rings. The lowest BCUT2D eigenvalue weighted by atomic mass is 9.74. The van der Waals surface area contributed by atoms with Crippen LogP contribution in [-0.2, 0) is 10.2 Å². The minimum Gasteiger partial charge on any atom is -0.507 e. The van der Waals surface area contributed by atoms with Crippen LogP contribution >= 0.6 is 0 Å². The quantitative estimate of drug-likeness (QED) is 0.874. The van der Waals surface area contributed by atoms with Crippen molar-refractivity contribution in [1.82, 2.24) is 5.32 Å². The number of amides is 1. The van der Waals surface area contributed by atoms with E-state index < -0.39 is 34.3 Å². The maximum absolute atomic E-state index is 13.9. The van der Waals surface area contributed by atoms with Gasteiger partial charge in [-0.15, -0.1) is 0 Å². The molecule has 7 heteroatoms. The summed E-state index contributed by atoms with van der Waals surface area (Å²) in [6.45, 7) is 1.10. The van der Waals surface area contributed by atoms with Crippen LogP contribution in [0.2, 0.25) is 0 Å². The van der Waals surface area contributed by atoms with Gasteiger partial charge in [0.15, 0.2) is 0 Å². The highest BCUT2D eigenvalue weighted by molar-refractivity contribution is 5.97. The summed E-state index contributed by atoms with van der Waals surface area (Å²) in [4.78, 5) is 12.3. The molecule has 0 aromatic heterocycles. The third-order valence-corrected chi connectivity index (χ3v) is 4.76. The molecular weight excluding hydrogens is 347 g/mol. The van der Waals surface area contributed by atoms with Crippen LogP contribution in [0.15, 0.2) is 36.4 Å². The molecule has 0 atom stereocenters. The fourth-order valence-corrected chi connectivity index (χ4v) is 3.26. The number of carbonyl (C=O) groups is 1. The first kappa shape index (κ1) is 18.3. The molecule has 26 heavy (non-hydrogen) atoms. The number of halogens is 3.